The molecule has 0 spiro atoms. The van der Waals surface area contributed by atoms with Gasteiger partial charge < -0.3 is 20.1 Å². The lowest BCUT2D eigenvalue weighted by molar-refractivity contribution is -0.117. The highest BCUT2D eigenvalue weighted by Gasteiger charge is 2.12. The molecule has 1 saturated heterocycles. The van der Waals surface area contributed by atoms with E-state index in [0.717, 1.165) is 31.9 Å². The maximum Gasteiger partial charge on any atom is 0.244 e. The molecule has 1 aromatic rings. The van der Waals surface area contributed by atoms with Crippen LogP contribution in [0.3, 0.4) is 0 Å². The number of rotatable bonds is 6. The number of hydrogen-bond acceptors (Lipinski definition) is 4. The average molecular weight is 318 g/mol. The van der Waals surface area contributed by atoms with E-state index < -0.39 is 0 Å². The molecule has 2 N–H and O–H groups in total. The number of anilines is 1. The SMILES string of the molecule is CC(CO)C(C)NC(=O)/C=C/c1ccc(N2CCOCC2)cc1. The quantitative estimate of drug-likeness (QED) is 0.783. The molecule has 0 bridgehead atoms. The Morgan fingerprint density at radius 3 is 2.57 bits per heavy atom. The summed E-state index contributed by atoms with van der Waals surface area (Å²) in [7, 11) is 0. The van der Waals surface area contributed by atoms with E-state index >= 15 is 0 Å². The maximum absolute atomic E-state index is 11.9. The third-order valence-electron chi connectivity index (χ3n) is 4.21. The number of amides is 1. The lowest BCUT2D eigenvalue weighted by atomic mass is 10.1. The number of carbonyl (C=O) groups is 1. The van der Waals surface area contributed by atoms with Crippen molar-refractivity contribution in [1.29, 1.82) is 0 Å². The van der Waals surface area contributed by atoms with Crippen molar-refractivity contribution in [2.45, 2.75) is 19.9 Å². The molecule has 0 aliphatic carbocycles. The van der Waals surface area contributed by atoms with E-state index in [9.17, 15) is 4.79 Å². The standard InChI is InChI=1S/C18H26N2O3/c1-14(13-21)15(2)19-18(22)8-5-16-3-6-17(7-4-16)20-9-11-23-12-10-20/h3-8,14-15,21H,9-13H2,1-2H3,(H,19,22)/b8-5+. The molecule has 0 radical (unpaired) electrons. The van der Waals surface area contributed by atoms with Crippen LogP contribution in [-0.2, 0) is 9.53 Å². The smallest absolute Gasteiger partial charge is 0.244 e. The van der Waals surface area contributed by atoms with Crippen LogP contribution in [0.15, 0.2) is 30.3 Å². The third-order valence-corrected chi connectivity index (χ3v) is 4.21. The van der Waals surface area contributed by atoms with Gasteiger partial charge in [0.15, 0.2) is 0 Å². The highest BCUT2D eigenvalue weighted by molar-refractivity contribution is 5.91. The number of morpholine rings is 1. The van der Waals surface area contributed by atoms with Crippen molar-refractivity contribution < 1.29 is 14.6 Å². The van der Waals surface area contributed by atoms with Crippen molar-refractivity contribution in [3.8, 4) is 0 Å². The molecule has 1 heterocycles. The van der Waals surface area contributed by atoms with Crippen molar-refractivity contribution in [2.24, 2.45) is 5.92 Å². The van der Waals surface area contributed by atoms with Gasteiger partial charge >= 0.3 is 0 Å². The molecule has 1 amide bonds. The van der Waals surface area contributed by atoms with Crippen LogP contribution in [-0.4, -0.2) is 50.0 Å². The van der Waals surface area contributed by atoms with E-state index in [0.29, 0.717) is 0 Å². The molecule has 23 heavy (non-hydrogen) atoms. The van der Waals surface area contributed by atoms with E-state index in [1.807, 2.05) is 26.0 Å². The van der Waals surface area contributed by atoms with Gasteiger partial charge in [0.1, 0.15) is 0 Å². The Hall–Kier alpha value is -1.85. The Labute approximate surface area is 137 Å². The van der Waals surface area contributed by atoms with Crippen LogP contribution in [0.2, 0.25) is 0 Å². The lowest BCUT2D eigenvalue weighted by Gasteiger charge is -2.28. The summed E-state index contributed by atoms with van der Waals surface area (Å²) in [5.41, 5.74) is 2.17. The summed E-state index contributed by atoms with van der Waals surface area (Å²) in [6, 6.07) is 8.10. The van der Waals surface area contributed by atoms with Gasteiger partial charge in [-0.05, 0) is 36.6 Å². The Morgan fingerprint density at radius 1 is 1.30 bits per heavy atom. The molecule has 5 heteroatoms. The second-order valence-corrected chi connectivity index (χ2v) is 5.98. The fourth-order valence-electron chi connectivity index (χ4n) is 2.36. The zero-order valence-electron chi connectivity index (χ0n) is 13.9. The van der Waals surface area contributed by atoms with E-state index in [1.54, 1.807) is 6.08 Å². The van der Waals surface area contributed by atoms with Crippen LogP contribution in [0.1, 0.15) is 19.4 Å². The second-order valence-electron chi connectivity index (χ2n) is 5.98. The summed E-state index contributed by atoms with van der Waals surface area (Å²) >= 11 is 0. The fraction of sp³-hybridized carbons (Fsp3) is 0.500. The third kappa shape index (κ3) is 5.37. The van der Waals surface area contributed by atoms with Crippen molar-refractivity contribution in [2.75, 3.05) is 37.8 Å². The first-order valence-electron chi connectivity index (χ1n) is 8.12. The minimum Gasteiger partial charge on any atom is -0.396 e. The Bertz CT molecular complexity index is 522. The summed E-state index contributed by atoms with van der Waals surface area (Å²) in [5.74, 6) is -0.102. The van der Waals surface area contributed by atoms with Crippen molar-refractivity contribution in [3.63, 3.8) is 0 Å². The molecule has 1 fully saturated rings. The number of ether oxygens (including phenoxy) is 1. The predicted molar refractivity (Wildman–Crippen MR) is 92.4 cm³/mol. The van der Waals surface area contributed by atoms with Gasteiger partial charge in [0.2, 0.25) is 5.91 Å². The van der Waals surface area contributed by atoms with E-state index in [-0.39, 0.29) is 24.5 Å². The summed E-state index contributed by atoms with van der Waals surface area (Å²) < 4.78 is 5.35. The lowest BCUT2D eigenvalue weighted by Crippen LogP contribution is -2.37. The molecule has 0 aromatic heterocycles. The monoisotopic (exact) mass is 318 g/mol. The van der Waals surface area contributed by atoms with Crippen LogP contribution in [0.5, 0.6) is 0 Å². The van der Waals surface area contributed by atoms with Gasteiger partial charge in [-0.2, -0.15) is 0 Å². The van der Waals surface area contributed by atoms with Crippen LogP contribution in [0.25, 0.3) is 6.08 Å². The first-order valence-corrected chi connectivity index (χ1v) is 8.12. The number of carbonyl (C=O) groups excluding carboxylic acids is 1. The molecule has 2 atom stereocenters. The van der Waals surface area contributed by atoms with Gasteiger partial charge in [0.05, 0.1) is 13.2 Å². The average Bonchev–Trinajstić information content (AvgIpc) is 2.60. The number of nitrogens with zero attached hydrogens (tertiary/aromatic N) is 1. The van der Waals surface area contributed by atoms with Gasteiger partial charge in [-0.25, -0.2) is 0 Å². The van der Waals surface area contributed by atoms with Crippen molar-refractivity contribution in [1.82, 2.24) is 5.32 Å². The Kier molecular flexibility index (Phi) is 6.62. The van der Waals surface area contributed by atoms with Gasteiger partial charge in [-0.3, -0.25) is 4.79 Å². The minimum atomic E-state index is -0.143. The molecule has 126 valence electrons. The zero-order chi connectivity index (χ0) is 16.7. The van der Waals surface area contributed by atoms with Gasteiger partial charge in [-0.15, -0.1) is 0 Å². The van der Waals surface area contributed by atoms with Gasteiger partial charge in [-0.1, -0.05) is 19.1 Å². The zero-order valence-corrected chi connectivity index (χ0v) is 13.9. The minimum absolute atomic E-state index is 0.0418. The number of aliphatic hydroxyl groups excluding tert-OH is 1. The number of hydrogen-bond donors (Lipinski definition) is 2. The Morgan fingerprint density at radius 2 is 1.96 bits per heavy atom. The number of nitrogens with one attached hydrogen (secondary N) is 1. The molecule has 1 aromatic carbocycles. The van der Waals surface area contributed by atoms with E-state index in [2.05, 4.69) is 22.3 Å². The molecular formula is C18H26N2O3. The normalized spacial score (nSPS) is 18.0. The predicted octanol–water partition coefficient (Wildman–Crippen LogP) is 1.67. The molecular weight excluding hydrogens is 292 g/mol. The second kappa shape index (κ2) is 8.70. The number of aliphatic hydroxyl groups is 1. The highest BCUT2D eigenvalue weighted by atomic mass is 16.5. The summed E-state index contributed by atoms with van der Waals surface area (Å²) in [6.45, 7) is 7.23. The largest absolute Gasteiger partial charge is 0.396 e. The van der Waals surface area contributed by atoms with Crippen LogP contribution < -0.4 is 10.2 Å². The summed E-state index contributed by atoms with van der Waals surface area (Å²) in [5, 5.41) is 11.9. The van der Waals surface area contributed by atoms with Crippen LogP contribution >= 0.6 is 0 Å². The van der Waals surface area contributed by atoms with Crippen molar-refractivity contribution in [3.05, 3.63) is 35.9 Å². The molecule has 1 aliphatic rings. The summed E-state index contributed by atoms with van der Waals surface area (Å²) in [4.78, 5) is 14.2. The maximum atomic E-state index is 11.9. The van der Waals surface area contributed by atoms with Crippen LogP contribution in [0, 0.1) is 5.92 Å². The first kappa shape index (κ1) is 17.5. The first-order chi connectivity index (χ1) is 11.1. The van der Waals surface area contributed by atoms with E-state index in [1.165, 1.54) is 11.8 Å². The number of benzene rings is 1. The summed E-state index contributed by atoms with van der Waals surface area (Å²) in [6.07, 6.45) is 3.33. The highest BCUT2D eigenvalue weighted by Crippen LogP contribution is 2.17. The molecule has 2 rings (SSSR count). The van der Waals surface area contributed by atoms with Crippen molar-refractivity contribution >= 4 is 17.7 Å². The molecule has 1 aliphatic heterocycles. The molecule has 0 saturated carbocycles. The topological polar surface area (TPSA) is 61.8 Å². The molecule has 2 unspecified atom stereocenters. The van der Waals surface area contributed by atoms with E-state index in [4.69, 9.17) is 9.84 Å². The van der Waals surface area contributed by atoms with Gasteiger partial charge in [0, 0.05) is 37.5 Å². The van der Waals surface area contributed by atoms with Gasteiger partial charge in [0.25, 0.3) is 0 Å². The fourth-order valence-corrected chi connectivity index (χ4v) is 2.36. The Balaban J connectivity index is 1.88. The van der Waals surface area contributed by atoms with Crippen LogP contribution in [0.4, 0.5) is 5.69 Å². The molecule has 5 nitrogen and oxygen atoms in total.